The molecular weight excluding hydrogens is 430 g/mol. The van der Waals surface area contributed by atoms with Crippen molar-refractivity contribution in [2.45, 2.75) is 39.2 Å². The van der Waals surface area contributed by atoms with Crippen LogP contribution in [0, 0.1) is 6.92 Å². The molecule has 0 saturated carbocycles. The van der Waals surface area contributed by atoms with Crippen molar-refractivity contribution in [3.8, 4) is 0 Å². The second kappa shape index (κ2) is 9.46. The summed E-state index contributed by atoms with van der Waals surface area (Å²) in [5, 5.41) is 0.606. The second-order valence-corrected chi connectivity index (χ2v) is 8.73. The number of ether oxygens (including phenoxy) is 1. The Balaban J connectivity index is 1.49. The van der Waals surface area contributed by atoms with Crippen LogP contribution in [0.5, 0.6) is 0 Å². The van der Waals surface area contributed by atoms with Crippen LogP contribution in [-0.4, -0.2) is 65.2 Å². The maximum atomic E-state index is 13.2. The Morgan fingerprint density at radius 3 is 2.44 bits per heavy atom. The molecule has 1 aliphatic heterocycles. The second-order valence-electron chi connectivity index (χ2n) is 8.29. The molecule has 0 radical (unpaired) electrons. The molecule has 1 saturated heterocycles. The number of Topliss-reactive ketones (excluding diaryl/α,β-unsaturated/α-hetero) is 1. The van der Waals surface area contributed by atoms with Gasteiger partial charge in [0.1, 0.15) is 11.7 Å². The van der Waals surface area contributed by atoms with Gasteiger partial charge in [0.15, 0.2) is 5.78 Å². The van der Waals surface area contributed by atoms with Crippen molar-refractivity contribution in [2.24, 2.45) is 0 Å². The van der Waals surface area contributed by atoms with E-state index in [1.807, 2.05) is 24.0 Å². The molecule has 2 heterocycles. The van der Waals surface area contributed by atoms with Crippen molar-refractivity contribution in [1.29, 1.82) is 0 Å². The predicted molar refractivity (Wildman–Crippen MR) is 121 cm³/mol. The fraction of sp³-hybridized carbons (Fsp3) is 0.458. The monoisotopic (exact) mass is 457 g/mol. The van der Waals surface area contributed by atoms with E-state index in [0.29, 0.717) is 55.5 Å². The van der Waals surface area contributed by atoms with Gasteiger partial charge in [0.05, 0.1) is 6.61 Å². The van der Waals surface area contributed by atoms with E-state index in [0.717, 1.165) is 29.7 Å². The van der Waals surface area contributed by atoms with E-state index in [4.69, 9.17) is 16.3 Å². The molecule has 1 N–H and O–H groups in total. The molecule has 8 heteroatoms. The summed E-state index contributed by atoms with van der Waals surface area (Å²) in [4.78, 5) is 45.3. The van der Waals surface area contributed by atoms with Crippen LogP contribution < -0.4 is 0 Å². The van der Waals surface area contributed by atoms with Crippen molar-refractivity contribution in [2.75, 3.05) is 32.8 Å². The summed E-state index contributed by atoms with van der Waals surface area (Å²) in [7, 11) is 0. The average molecular weight is 458 g/mol. The summed E-state index contributed by atoms with van der Waals surface area (Å²) in [6.07, 6.45) is 2.15. The molecule has 4 rings (SSSR count). The fourth-order valence-electron chi connectivity index (χ4n) is 4.69. The number of fused-ring (bicyclic) bond motifs is 1. The van der Waals surface area contributed by atoms with Gasteiger partial charge < -0.3 is 14.6 Å². The Kier molecular flexibility index (Phi) is 6.67. The highest BCUT2D eigenvalue weighted by Crippen LogP contribution is 2.29. The maximum absolute atomic E-state index is 13.2. The number of aryl methyl sites for hydroxylation is 1. The van der Waals surface area contributed by atoms with E-state index >= 15 is 0 Å². The number of piperazine rings is 1. The van der Waals surface area contributed by atoms with Gasteiger partial charge in [0.25, 0.3) is 5.91 Å². The number of rotatable bonds is 5. The number of carbonyl (C=O) groups is 3. The third-order valence-corrected chi connectivity index (χ3v) is 6.57. The van der Waals surface area contributed by atoms with Crippen molar-refractivity contribution in [3.05, 3.63) is 57.4 Å². The Bertz CT molecular complexity index is 1020. The van der Waals surface area contributed by atoms with Crippen molar-refractivity contribution < 1.29 is 19.1 Å². The van der Waals surface area contributed by atoms with Gasteiger partial charge in [-0.05, 0) is 49.9 Å². The van der Waals surface area contributed by atoms with Gasteiger partial charge in [-0.2, -0.15) is 0 Å². The van der Waals surface area contributed by atoms with Crippen LogP contribution in [0.4, 0.5) is 0 Å². The van der Waals surface area contributed by atoms with Gasteiger partial charge in [-0.15, -0.1) is 0 Å². The largest absolute Gasteiger partial charge is 0.465 e. The molecule has 1 aromatic heterocycles. The van der Waals surface area contributed by atoms with Gasteiger partial charge in [-0.1, -0.05) is 23.7 Å². The van der Waals surface area contributed by atoms with Gasteiger partial charge in [-0.25, -0.2) is 4.79 Å². The van der Waals surface area contributed by atoms with E-state index < -0.39 is 6.04 Å². The summed E-state index contributed by atoms with van der Waals surface area (Å²) < 4.78 is 5.33. The summed E-state index contributed by atoms with van der Waals surface area (Å²) in [6.45, 7) is 5.98. The van der Waals surface area contributed by atoms with Crippen molar-refractivity contribution in [1.82, 2.24) is 14.8 Å². The number of nitrogens with one attached hydrogen (secondary N) is 1. The predicted octanol–water partition coefficient (Wildman–Crippen LogP) is 3.56. The van der Waals surface area contributed by atoms with E-state index in [2.05, 4.69) is 4.98 Å². The fourth-order valence-corrected chi connectivity index (χ4v) is 4.82. The summed E-state index contributed by atoms with van der Waals surface area (Å²) in [5.41, 5.74) is 3.66. The molecule has 170 valence electrons. The number of benzene rings is 1. The number of amides is 1. The molecule has 1 aliphatic carbocycles. The van der Waals surface area contributed by atoms with Crippen LogP contribution >= 0.6 is 11.6 Å². The SMILES string of the molecule is CCOC(=O)[C@H](c1ccc(Cl)cc1)N1CCN(C(=O)c2[nH]c3c(c2C)C(=O)CCC3)CC1. The number of esters is 1. The first-order chi connectivity index (χ1) is 15.4. The number of hydrogen-bond acceptors (Lipinski definition) is 5. The van der Waals surface area contributed by atoms with Crippen LogP contribution in [0.2, 0.25) is 5.02 Å². The molecule has 2 aliphatic rings. The maximum Gasteiger partial charge on any atom is 0.328 e. The molecule has 1 fully saturated rings. The molecule has 1 amide bonds. The topological polar surface area (TPSA) is 82.7 Å². The van der Waals surface area contributed by atoms with E-state index in [1.54, 1.807) is 24.0 Å². The molecule has 1 aromatic carbocycles. The highest BCUT2D eigenvalue weighted by Gasteiger charge is 2.34. The standard InChI is InChI=1S/C24H28ClN3O4/c1-3-32-24(31)22(16-7-9-17(25)10-8-16)27-11-13-28(14-12-27)23(30)21-15(2)20-18(26-21)5-4-6-19(20)29/h7-10,22,26H,3-6,11-14H2,1-2H3/t22-/m0/s1. The van der Waals surface area contributed by atoms with Crippen molar-refractivity contribution in [3.63, 3.8) is 0 Å². The zero-order valence-electron chi connectivity index (χ0n) is 18.4. The number of aromatic amines is 1. The third-order valence-electron chi connectivity index (χ3n) is 6.31. The Hall–Kier alpha value is -2.64. The van der Waals surface area contributed by atoms with Gasteiger partial charge in [0.2, 0.25) is 0 Å². The lowest BCUT2D eigenvalue weighted by Crippen LogP contribution is -2.51. The quantitative estimate of drug-likeness (QED) is 0.694. The van der Waals surface area contributed by atoms with Crippen molar-refractivity contribution >= 4 is 29.3 Å². The minimum atomic E-state index is -0.540. The minimum Gasteiger partial charge on any atom is -0.465 e. The molecule has 1 atom stereocenters. The first-order valence-corrected chi connectivity index (χ1v) is 11.5. The van der Waals surface area contributed by atoms with Gasteiger partial charge >= 0.3 is 5.97 Å². The zero-order valence-corrected chi connectivity index (χ0v) is 19.2. The van der Waals surface area contributed by atoms with Crippen LogP contribution in [0.15, 0.2) is 24.3 Å². The first kappa shape index (κ1) is 22.6. The minimum absolute atomic E-state index is 0.0940. The molecule has 0 spiro atoms. The zero-order chi connectivity index (χ0) is 22.8. The molecule has 2 aromatic rings. The molecule has 7 nitrogen and oxygen atoms in total. The van der Waals surface area contributed by atoms with Crippen LogP contribution in [0.25, 0.3) is 0 Å². The Morgan fingerprint density at radius 1 is 1.12 bits per heavy atom. The lowest BCUT2D eigenvalue weighted by atomic mass is 9.93. The molecular formula is C24H28ClN3O4. The summed E-state index contributed by atoms with van der Waals surface area (Å²) in [5.74, 6) is -0.284. The Labute approximate surface area is 192 Å². The number of carbonyl (C=O) groups excluding carboxylic acids is 3. The van der Waals surface area contributed by atoms with Crippen LogP contribution in [-0.2, 0) is 16.0 Å². The molecule has 0 unspecified atom stereocenters. The van der Waals surface area contributed by atoms with Gasteiger partial charge in [-0.3, -0.25) is 14.5 Å². The first-order valence-electron chi connectivity index (χ1n) is 11.1. The van der Waals surface area contributed by atoms with Gasteiger partial charge in [0, 0.05) is 48.9 Å². The Morgan fingerprint density at radius 2 is 1.81 bits per heavy atom. The van der Waals surface area contributed by atoms with E-state index in [1.165, 1.54) is 0 Å². The number of aromatic nitrogens is 1. The third kappa shape index (κ3) is 4.32. The van der Waals surface area contributed by atoms with E-state index in [-0.39, 0.29) is 17.7 Å². The lowest BCUT2D eigenvalue weighted by molar-refractivity contribution is -0.150. The number of ketones is 1. The summed E-state index contributed by atoms with van der Waals surface area (Å²) >= 11 is 6.02. The smallest absolute Gasteiger partial charge is 0.328 e. The number of nitrogens with zero attached hydrogens (tertiary/aromatic N) is 2. The lowest BCUT2D eigenvalue weighted by Gasteiger charge is -2.38. The number of H-pyrrole nitrogens is 1. The summed E-state index contributed by atoms with van der Waals surface area (Å²) in [6, 6.07) is 6.66. The van der Waals surface area contributed by atoms with Crippen LogP contribution in [0.1, 0.15) is 63.5 Å². The number of hydrogen-bond donors (Lipinski definition) is 1. The van der Waals surface area contributed by atoms with Crippen LogP contribution in [0.3, 0.4) is 0 Å². The normalized spacial score (nSPS) is 17.7. The van der Waals surface area contributed by atoms with E-state index in [9.17, 15) is 14.4 Å². The molecule has 0 bridgehead atoms. The molecule has 32 heavy (non-hydrogen) atoms. The number of halogens is 1. The highest BCUT2D eigenvalue weighted by atomic mass is 35.5. The highest BCUT2D eigenvalue weighted by molar-refractivity contribution is 6.30. The average Bonchev–Trinajstić information content (AvgIpc) is 3.13.